The Balaban J connectivity index is 1.96. The minimum atomic E-state index is -2.32. The molecule has 4 nitrogen and oxygen atoms in total. The SMILES string of the molecule is C=C(NOCC(=O)Nc1c(F)c(F)c(F)c(F)c1F)c1ccc(Br)cc1. The number of anilines is 1. The number of amides is 1. The number of benzene rings is 2. The van der Waals surface area contributed by atoms with Crippen LogP contribution in [0.15, 0.2) is 35.3 Å². The molecule has 10 heteroatoms. The molecule has 0 saturated carbocycles. The van der Waals surface area contributed by atoms with Gasteiger partial charge in [-0.2, -0.15) is 0 Å². The zero-order valence-electron chi connectivity index (χ0n) is 12.8. The van der Waals surface area contributed by atoms with Crippen molar-refractivity contribution in [3.05, 3.63) is 70.0 Å². The molecule has 2 rings (SSSR count). The van der Waals surface area contributed by atoms with Gasteiger partial charge in [0, 0.05) is 4.47 Å². The summed E-state index contributed by atoms with van der Waals surface area (Å²) in [6.45, 7) is 2.87. The fraction of sp³-hybridized carbons (Fsp3) is 0.0625. The lowest BCUT2D eigenvalue weighted by atomic mass is 10.2. The van der Waals surface area contributed by atoms with Crippen molar-refractivity contribution >= 4 is 33.2 Å². The molecule has 2 aromatic carbocycles. The molecular weight excluding hydrogens is 427 g/mol. The first-order valence-corrected chi connectivity index (χ1v) is 7.65. The largest absolute Gasteiger partial charge is 0.319 e. The summed E-state index contributed by atoms with van der Waals surface area (Å²) in [7, 11) is 0. The van der Waals surface area contributed by atoms with Gasteiger partial charge in [-0.25, -0.2) is 22.0 Å². The highest BCUT2D eigenvalue weighted by Gasteiger charge is 2.26. The highest BCUT2D eigenvalue weighted by molar-refractivity contribution is 9.10. The van der Waals surface area contributed by atoms with Crippen LogP contribution in [0.2, 0.25) is 0 Å². The zero-order valence-corrected chi connectivity index (χ0v) is 14.4. The molecule has 2 aromatic rings. The Morgan fingerprint density at radius 1 is 0.962 bits per heavy atom. The first-order chi connectivity index (χ1) is 12.2. The molecule has 0 heterocycles. The highest BCUT2D eigenvalue weighted by atomic mass is 79.9. The molecule has 0 saturated heterocycles. The van der Waals surface area contributed by atoms with Crippen molar-refractivity contribution in [3.63, 3.8) is 0 Å². The van der Waals surface area contributed by atoms with E-state index in [4.69, 9.17) is 4.84 Å². The zero-order chi connectivity index (χ0) is 19.4. The van der Waals surface area contributed by atoms with Gasteiger partial charge in [0.15, 0.2) is 29.9 Å². The summed E-state index contributed by atoms with van der Waals surface area (Å²) >= 11 is 3.25. The number of hydrogen-bond donors (Lipinski definition) is 2. The average Bonchev–Trinajstić information content (AvgIpc) is 2.62. The van der Waals surface area contributed by atoms with Crippen molar-refractivity contribution in [3.8, 4) is 0 Å². The molecule has 0 aromatic heterocycles. The Hall–Kier alpha value is -2.46. The predicted octanol–water partition coefficient (Wildman–Crippen LogP) is 4.28. The van der Waals surface area contributed by atoms with Crippen LogP contribution in [0.4, 0.5) is 27.6 Å². The number of carbonyl (C=O) groups excluding carboxylic acids is 1. The molecule has 0 spiro atoms. The van der Waals surface area contributed by atoms with Gasteiger partial charge in [0.1, 0.15) is 5.69 Å². The van der Waals surface area contributed by atoms with Crippen molar-refractivity contribution in [2.24, 2.45) is 0 Å². The third kappa shape index (κ3) is 4.38. The van der Waals surface area contributed by atoms with E-state index in [1.54, 1.807) is 29.6 Å². The number of hydrogen-bond acceptors (Lipinski definition) is 3. The van der Waals surface area contributed by atoms with Crippen LogP contribution in [0.3, 0.4) is 0 Å². The van der Waals surface area contributed by atoms with Gasteiger partial charge in [0.2, 0.25) is 5.82 Å². The van der Waals surface area contributed by atoms with Crippen LogP contribution in [0.1, 0.15) is 5.56 Å². The Morgan fingerprint density at radius 3 is 2.00 bits per heavy atom. The monoisotopic (exact) mass is 436 g/mol. The number of nitrogens with one attached hydrogen (secondary N) is 2. The summed E-state index contributed by atoms with van der Waals surface area (Å²) in [5.74, 6) is -12.1. The van der Waals surface area contributed by atoms with Gasteiger partial charge in [-0.1, -0.05) is 34.6 Å². The van der Waals surface area contributed by atoms with Gasteiger partial charge in [0.05, 0.1) is 5.70 Å². The normalized spacial score (nSPS) is 10.5. The molecule has 0 atom stereocenters. The quantitative estimate of drug-likeness (QED) is 0.307. The maximum atomic E-state index is 13.5. The second-order valence-corrected chi connectivity index (χ2v) is 5.78. The molecule has 0 aliphatic heterocycles. The number of halogens is 6. The van der Waals surface area contributed by atoms with E-state index in [-0.39, 0.29) is 5.70 Å². The summed E-state index contributed by atoms with van der Waals surface area (Å²) in [6, 6.07) is 6.85. The van der Waals surface area contributed by atoms with Crippen LogP contribution in [-0.4, -0.2) is 12.5 Å². The maximum Gasteiger partial charge on any atom is 0.253 e. The molecule has 2 N–H and O–H groups in total. The molecule has 0 aliphatic rings. The smallest absolute Gasteiger partial charge is 0.253 e. The van der Waals surface area contributed by atoms with Crippen molar-refractivity contribution in [1.29, 1.82) is 0 Å². The summed E-state index contributed by atoms with van der Waals surface area (Å²) in [5.41, 5.74) is 1.79. The highest BCUT2D eigenvalue weighted by Crippen LogP contribution is 2.27. The van der Waals surface area contributed by atoms with Crippen LogP contribution >= 0.6 is 15.9 Å². The fourth-order valence-electron chi connectivity index (χ4n) is 1.79. The Bertz CT molecular complexity index is 830. The van der Waals surface area contributed by atoms with Crippen LogP contribution in [0.25, 0.3) is 5.70 Å². The van der Waals surface area contributed by atoms with Gasteiger partial charge < -0.3 is 5.32 Å². The minimum Gasteiger partial charge on any atom is -0.319 e. The van der Waals surface area contributed by atoms with Gasteiger partial charge >= 0.3 is 0 Å². The van der Waals surface area contributed by atoms with Gasteiger partial charge in [-0.15, -0.1) is 0 Å². The van der Waals surface area contributed by atoms with Crippen LogP contribution in [0, 0.1) is 29.1 Å². The third-order valence-electron chi connectivity index (χ3n) is 3.07. The minimum absolute atomic E-state index is 0.279. The topological polar surface area (TPSA) is 50.4 Å². The van der Waals surface area contributed by atoms with E-state index >= 15 is 0 Å². The molecule has 0 aliphatic carbocycles. The van der Waals surface area contributed by atoms with E-state index in [1.165, 1.54) is 0 Å². The lowest BCUT2D eigenvalue weighted by Crippen LogP contribution is -2.25. The van der Waals surface area contributed by atoms with E-state index in [0.29, 0.717) is 5.56 Å². The van der Waals surface area contributed by atoms with Crippen molar-refractivity contribution in [1.82, 2.24) is 5.48 Å². The van der Waals surface area contributed by atoms with Gasteiger partial charge in [-0.05, 0) is 17.7 Å². The first kappa shape index (κ1) is 19.9. The second kappa shape index (κ2) is 8.28. The third-order valence-corrected chi connectivity index (χ3v) is 3.59. The lowest BCUT2D eigenvalue weighted by Gasteiger charge is -2.12. The molecule has 0 unspecified atom stereocenters. The lowest BCUT2D eigenvalue weighted by molar-refractivity contribution is -0.122. The van der Waals surface area contributed by atoms with E-state index in [0.717, 1.165) is 4.47 Å². The van der Waals surface area contributed by atoms with Crippen molar-refractivity contribution in [2.45, 2.75) is 0 Å². The van der Waals surface area contributed by atoms with E-state index in [2.05, 4.69) is 28.0 Å². The molecular formula is C16H10BrF5N2O2. The number of carbonyl (C=O) groups is 1. The van der Waals surface area contributed by atoms with Crippen molar-refractivity contribution < 1.29 is 31.6 Å². The van der Waals surface area contributed by atoms with Gasteiger partial charge in [0.25, 0.3) is 5.91 Å². The summed E-state index contributed by atoms with van der Waals surface area (Å²) in [4.78, 5) is 16.4. The van der Waals surface area contributed by atoms with E-state index in [1.807, 2.05) is 0 Å². The van der Waals surface area contributed by atoms with Crippen LogP contribution in [-0.2, 0) is 9.63 Å². The molecule has 26 heavy (non-hydrogen) atoms. The van der Waals surface area contributed by atoms with Crippen molar-refractivity contribution in [2.75, 3.05) is 11.9 Å². The number of rotatable bonds is 6. The molecule has 1 amide bonds. The summed E-state index contributed by atoms with van der Waals surface area (Å²) in [5, 5.41) is 1.57. The molecule has 0 radical (unpaired) electrons. The molecule has 0 fully saturated rings. The fourth-order valence-corrected chi connectivity index (χ4v) is 2.05. The molecule has 138 valence electrons. The second-order valence-electron chi connectivity index (χ2n) is 4.87. The number of hydroxylamine groups is 1. The summed E-state index contributed by atoms with van der Waals surface area (Å²) < 4.78 is 66.8. The Labute approximate surface area is 152 Å². The Morgan fingerprint density at radius 2 is 1.46 bits per heavy atom. The van der Waals surface area contributed by atoms with Crippen LogP contribution in [0.5, 0.6) is 0 Å². The van der Waals surface area contributed by atoms with E-state index < -0.39 is 47.3 Å². The Kier molecular flexibility index (Phi) is 6.32. The molecule has 0 bridgehead atoms. The van der Waals surface area contributed by atoms with Gasteiger partial charge in [-0.3, -0.25) is 15.1 Å². The average molecular weight is 437 g/mol. The first-order valence-electron chi connectivity index (χ1n) is 6.86. The van der Waals surface area contributed by atoms with Crippen LogP contribution < -0.4 is 10.8 Å². The summed E-state index contributed by atoms with van der Waals surface area (Å²) in [6.07, 6.45) is 0. The van der Waals surface area contributed by atoms with E-state index in [9.17, 15) is 26.7 Å². The predicted molar refractivity (Wildman–Crippen MR) is 87.1 cm³/mol. The maximum absolute atomic E-state index is 13.5. The standard InChI is InChI=1S/C16H10BrF5N2O2/c1-7(8-2-4-9(17)5-3-8)24-26-6-10(25)23-16-14(21)12(19)11(18)13(20)15(16)22/h2-5,24H,1,6H2,(H,23,25).